The van der Waals surface area contributed by atoms with Crippen LogP contribution < -0.4 is 5.32 Å². The third-order valence-corrected chi connectivity index (χ3v) is 4.49. The van der Waals surface area contributed by atoms with Gasteiger partial charge in [0.1, 0.15) is 5.82 Å². The highest BCUT2D eigenvalue weighted by molar-refractivity contribution is 6.30. The molecule has 1 aromatic heterocycles. The number of benzene rings is 1. The second-order valence-corrected chi connectivity index (χ2v) is 6.55. The van der Waals surface area contributed by atoms with Crippen LogP contribution >= 0.6 is 11.6 Å². The van der Waals surface area contributed by atoms with Crippen LogP contribution in [0.5, 0.6) is 0 Å². The molecule has 3 rings (SSSR count). The summed E-state index contributed by atoms with van der Waals surface area (Å²) in [5, 5.41) is 7.66. The van der Waals surface area contributed by atoms with Crippen LogP contribution in [0.3, 0.4) is 0 Å². The van der Waals surface area contributed by atoms with Crippen LogP contribution in [0.4, 0.5) is 5.82 Å². The average molecular weight is 362 g/mol. The topological polar surface area (TPSA) is 73.2 Å². The van der Waals surface area contributed by atoms with Gasteiger partial charge < -0.3 is 10.1 Å². The Labute approximate surface area is 151 Å². The molecule has 2 aromatic rings. The Kier molecular flexibility index (Phi) is 5.71. The molecular weight excluding hydrogens is 342 g/mol. The second kappa shape index (κ2) is 8.16. The Morgan fingerprint density at radius 3 is 2.64 bits per heavy atom. The number of hydrogen-bond donors (Lipinski definition) is 1. The third-order valence-electron chi connectivity index (χ3n) is 4.23. The van der Waals surface area contributed by atoms with Crippen molar-refractivity contribution in [2.45, 2.75) is 38.1 Å². The van der Waals surface area contributed by atoms with Gasteiger partial charge in [-0.05, 0) is 30.5 Å². The van der Waals surface area contributed by atoms with E-state index in [9.17, 15) is 9.59 Å². The Balaban J connectivity index is 1.47. The molecule has 1 aliphatic rings. The fourth-order valence-corrected chi connectivity index (χ4v) is 3.12. The van der Waals surface area contributed by atoms with Gasteiger partial charge in [0.05, 0.1) is 18.7 Å². The van der Waals surface area contributed by atoms with Crippen molar-refractivity contribution in [2.24, 2.45) is 0 Å². The molecule has 0 bridgehead atoms. The largest absolute Gasteiger partial charge is 0.455 e. The lowest BCUT2D eigenvalue weighted by Crippen LogP contribution is -2.23. The molecule has 0 radical (unpaired) electrons. The van der Waals surface area contributed by atoms with Gasteiger partial charge in [-0.3, -0.25) is 9.59 Å². The average Bonchev–Trinajstić information content (AvgIpc) is 3.26. The lowest BCUT2D eigenvalue weighted by atomic mass is 10.1. The van der Waals surface area contributed by atoms with Gasteiger partial charge in [0.25, 0.3) is 5.91 Å². The van der Waals surface area contributed by atoms with Gasteiger partial charge in [-0.2, -0.15) is 5.10 Å². The number of amides is 1. The molecule has 6 nitrogen and oxygen atoms in total. The number of nitrogens with one attached hydrogen (secondary N) is 1. The molecule has 0 spiro atoms. The van der Waals surface area contributed by atoms with Crippen LogP contribution in [0.2, 0.25) is 5.02 Å². The molecule has 1 fully saturated rings. The molecule has 0 saturated heterocycles. The molecule has 0 unspecified atom stereocenters. The summed E-state index contributed by atoms with van der Waals surface area (Å²) in [6.45, 7) is -0.317. The Bertz CT molecular complexity index is 736. The van der Waals surface area contributed by atoms with E-state index in [0.717, 1.165) is 18.4 Å². The van der Waals surface area contributed by atoms with Crippen LogP contribution in [0, 0.1) is 0 Å². The molecule has 7 heteroatoms. The number of anilines is 1. The van der Waals surface area contributed by atoms with Crippen molar-refractivity contribution in [3.05, 3.63) is 47.1 Å². The van der Waals surface area contributed by atoms with Gasteiger partial charge in [0.2, 0.25) is 0 Å². The van der Waals surface area contributed by atoms with Gasteiger partial charge in [-0.15, -0.1) is 0 Å². The summed E-state index contributed by atoms with van der Waals surface area (Å²) in [5.74, 6) is -0.184. The van der Waals surface area contributed by atoms with Crippen LogP contribution in [0.15, 0.2) is 36.5 Å². The number of carbonyl (C=O) groups is 2. The number of halogens is 1. The predicted molar refractivity (Wildman–Crippen MR) is 94.5 cm³/mol. The van der Waals surface area contributed by atoms with E-state index in [4.69, 9.17) is 16.3 Å². The van der Waals surface area contributed by atoms with Gasteiger partial charge >= 0.3 is 5.97 Å². The highest BCUT2D eigenvalue weighted by atomic mass is 35.5. The number of carbonyl (C=O) groups excluding carboxylic acids is 2. The number of hydrogen-bond acceptors (Lipinski definition) is 4. The van der Waals surface area contributed by atoms with E-state index in [1.54, 1.807) is 36.5 Å². The molecular formula is C18H20ClN3O3. The molecule has 1 saturated carbocycles. The van der Waals surface area contributed by atoms with Gasteiger partial charge in [-0.25, -0.2) is 4.68 Å². The molecule has 132 valence electrons. The normalized spacial score (nSPS) is 14.4. The van der Waals surface area contributed by atoms with Gasteiger partial charge in [-0.1, -0.05) is 36.6 Å². The quantitative estimate of drug-likeness (QED) is 0.800. The van der Waals surface area contributed by atoms with E-state index in [-0.39, 0.29) is 18.9 Å². The van der Waals surface area contributed by atoms with Gasteiger partial charge in [0, 0.05) is 11.1 Å². The molecule has 0 aliphatic heterocycles. The first-order valence-electron chi connectivity index (χ1n) is 8.35. The summed E-state index contributed by atoms with van der Waals surface area (Å²) >= 11 is 5.80. The van der Waals surface area contributed by atoms with Crippen LogP contribution in [-0.2, 0) is 20.7 Å². The summed E-state index contributed by atoms with van der Waals surface area (Å²) in [6, 6.07) is 9.01. The maximum absolute atomic E-state index is 12.0. The Morgan fingerprint density at radius 1 is 1.20 bits per heavy atom. The summed E-state index contributed by atoms with van der Waals surface area (Å²) in [4.78, 5) is 23.9. The van der Waals surface area contributed by atoms with Crippen molar-refractivity contribution in [1.29, 1.82) is 0 Å². The van der Waals surface area contributed by atoms with Crippen molar-refractivity contribution < 1.29 is 14.3 Å². The minimum Gasteiger partial charge on any atom is -0.455 e. The summed E-state index contributed by atoms with van der Waals surface area (Å²) < 4.78 is 6.89. The monoisotopic (exact) mass is 361 g/mol. The van der Waals surface area contributed by atoms with Crippen molar-refractivity contribution in [2.75, 3.05) is 11.9 Å². The zero-order valence-corrected chi connectivity index (χ0v) is 14.5. The number of nitrogens with zero attached hydrogens (tertiary/aromatic N) is 2. The van der Waals surface area contributed by atoms with Crippen molar-refractivity contribution in [3.8, 4) is 0 Å². The van der Waals surface area contributed by atoms with Crippen molar-refractivity contribution >= 4 is 29.3 Å². The maximum atomic E-state index is 12.0. The lowest BCUT2D eigenvalue weighted by molar-refractivity contribution is -0.146. The fraction of sp³-hybridized carbons (Fsp3) is 0.389. The molecule has 1 aromatic carbocycles. The van der Waals surface area contributed by atoms with Crippen molar-refractivity contribution in [3.63, 3.8) is 0 Å². The molecule has 25 heavy (non-hydrogen) atoms. The van der Waals surface area contributed by atoms with Crippen LogP contribution in [0.1, 0.15) is 37.3 Å². The van der Waals surface area contributed by atoms with E-state index in [1.165, 1.54) is 12.8 Å². The van der Waals surface area contributed by atoms with Crippen molar-refractivity contribution in [1.82, 2.24) is 9.78 Å². The molecule has 1 amide bonds. The molecule has 1 heterocycles. The third kappa shape index (κ3) is 4.82. The van der Waals surface area contributed by atoms with E-state index in [1.807, 2.05) is 4.68 Å². The summed E-state index contributed by atoms with van der Waals surface area (Å²) in [6.07, 6.45) is 6.27. The number of aromatic nitrogens is 2. The smallest absolute Gasteiger partial charge is 0.310 e. The predicted octanol–water partition coefficient (Wildman–Crippen LogP) is 3.38. The summed E-state index contributed by atoms with van der Waals surface area (Å²) in [5.41, 5.74) is 0.786. The minimum absolute atomic E-state index is 0.102. The zero-order chi connectivity index (χ0) is 17.6. The molecule has 0 atom stereocenters. The SMILES string of the molecule is O=C(COC(=O)Cc1ccc(Cl)cc1)Nc1ccnn1C1CCCC1. The first-order valence-corrected chi connectivity index (χ1v) is 8.73. The first-order chi connectivity index (χ1) is 12.1. The Morgan fingerprint density at radius 2 is 1.92 bits per heavy atom. The van der Waals surface area contributed by atoms with E-state index >= 15 is 0 Å². The second-order valence-electron chi connectivity index (χ2n) is 6.11. The fourth-order valence-electron chi connectivity index (χ4n) is 3.00. The molecule has 1 aliphatic carbocycles. The summed E-state index contributed by atoms with van der Waals surface area (Å²) in [7, 11) is 0. The number of esters is 1. The minimum atomic E-state index is -0.457. The highest BCUT2D eigenvalue weighted by Gasteiger charge is 2.20. The van der Waals surface area contributed by atoms with E-state index in [2.05, 4.69) is 10.4 Å². The first kappa shape index (κ1) is 17.5. The lowest BCUT2D eigenvalue weighted by Gasteiger charge is -2.14. The van der Waals surface area contributed by atoms with Gasteiger partial charge in [0.15, 0.2) is 6.61 Å². The maximum Gasteiger partial charge on any atom is 0.310 e. The van der Waals surface area contributed by atoms with Crippen LogP contribution in [-0.4, -0.2) is 28.3 Å². The van der Waals surface area contributed by atoms with E-state index in [0.29, 0.717) is 16.9 Å². The van der Waals surface area contributed by atoms with E-state index < -0.39 is 5.97 Å². The van der Waals surface area contributed by atoms with Crippen LogP contribution in [0.25, 0.3) is 0 Å². The standard InChI is InChI=1S/C18H20ClN3O3/c19-14-7-5-13(6-8-14)11-18(24)25-12-17(23)21-16-9-10-20-22(16)15-3-1-2-4-15/h5-10,15H,1-4,11-12H2,(H,21,23). The Hall–Kier alpha value is -2.34. The zero-order valence-electron chi connectivity index (χ0n) is 13.8. The highest BCUT2D eigenvalue weighted by Crippen LogP contribution is 2.31. The molecule has 1 N–H and O–H groups in total. The number of rotatable bonds is 6. The number of ether oxygens (including phenoxy) is 1.